The fourth-order valence-electron chi connectivity index (χ4n) is 13.8. The van der Waals surface area contributed by atoms with Crippen molar-refractivity contribution >= 4 is 60.7 Å². The molecule has 2 aliphatic rings. The van der Waals surface area contributed by atoms with E-state index in [4.69, 9.17) is 0 Å². The van der Waals surface area contributed by atoms with Crippen molar-refractivity contribution in [3.8, 4) is 50.8 Å². The van der Waals surface area contributed by atoms with Crippen molar-refractivity contribution in [1.29, 1.82) is 5.26 Å². The lowest BCUT2D eigenvalue weighted by Gasteiger charge is -2.46. The van der Waals surface area contributed by atoms with Crippen LogP contribution in [0, 0.1) is 11.3 Å². The second-order valence-corrected chi connectivity index (χ2v) is 21.8. The molecule has 0 unspecified atom stereocenters. The first-order valence-corrected chi connectivity index (χ1v) is 27.6. The maximum Gasteiger partial charge on any atom is 0.416 e. The molecule has 2 aromatic heterocycles. The van der Waals surface area contributed by atoms with Crippen LogP contribution in [0.25, 0.3) is 88.4 Å². The van der Waals surface area contributed by atoms with Gasteiger partial charge >= 0.3 is 24.7 Å². The van der Waals surface area contributed by atoms with Crippen LogP contribution >= 0.6 is 0 Å². The average molecular weight is 1190 g/mol. The summed E-state index contributed by atoms with van der Waals surface area (Å²) in [5, 5.41) is 12.4. The van der Waals surface area contributed by atoms with Gasteiger partial charge in [-0.3, -0.25) is 0 Å². The third kappa shape index (κ3) is 7.81. The first-order chi connectivity index (χ1) is 42.2. The highest BCUT2D eigenvalue weighted by molar-refractivity contribution is 6.17. The second-order valence-electron chi connectivity index (χ2n) is 21.8. The molecule has 0 fully saturated rings. The Morgan fingerprint density at radius 3 is 0.932 bits per heavy atom. The number of para-hydroxylation sites is 2. The second kappa shape index (κ2) is 19.0. The van der Waals surface area contributed by atoms with Crippen LogP contribution in [0.4, 0.5) is 69.7 Å². The average Bonchev–Trinajstić information content (AvgIpc) is 1.33. The van der Waals surface area contributed by atoms with Crippen molar-refractivity contribution in [2.24, 2.45) is 0 Å². The van der Waals surface area contributed by atoms with E-state index in [1.807, 2.05) is 72.8 Å². The number of rotatable bonds is 5. The molecule has 11 aromatic carbocycles. The molecule has 3 heterocycles. The summed E-state index contributed by atoms with van der Waals surface area (Å²) in [4.78, 5) is 1.75. The third-order valence-electron chi connectivity index (χ3n) is 17.2. The highest BCUT2D eigenvalue weighted by Gasteiger charge is 2.53. The van der Waals surface area contributed by atoms with Gasteiger partial charge in [0.2, 0.25) is 0 Å². The highest BCUT2D eigenvalue weighted by Crippen LogP contribution is 2.66. The fourth-order valence-corrected chi connectivity index (χ4v) is 13.8. The van der Waals surface area contributed by atoms with E-state index in [-0.39, 0.29) is 88.5 Å². The molecule has 0 N–H and O–H groups in total. The van der Waals surface area contributed by atoms with Crippen molar-refractivity contribution in [3.05, 3.63) is 281 Å². The molecule has 0 saturated heterocycles. The molecule has 4 nitrogen and oxygen atoms in total. The van der Waals surface area contributed by atoms with Crippen LogP contribution in [-0.4, -0.2) is 9.13 Å². The van der Waals surface area contributed by atoms with Crippen LogP contribution in [-0.2, 0) is 30.1 Å². The summed E-state index contributed by atoms with van der Waals surface area (Å²) < 4.78 is 188. The van der Waals surface area contributed by atoms with Crippen LogP contribution in [0.5, 0.6) is 0 Å². The summed E-state index contributed by atoms with van der Waals surface area (Å²) in [6.45, 7) is 0. The van der Waals surface area contributed by atoms with Gasteiger partial charge in [-0.05, 0) is 105 Å². The first kappa shape index (κ1) is 54.1. The van der Waals surface area contributed by atoms with E-state index in [1.54, 1.807) is 89.8 Å². The molecule has 0 bridgehead atoms. The number of aromatic nitrogens is 2. The number of nitriles is 1. The van der Waals surface area contributed by atoms with Gasteiger partial charge in [0.15, 0.2) is 0 Å². The molecular formula is C72H38F12N4. The highest BCUT2D eigenvalue weighted by atomic mass is 19.4. The van der Waals surface area contributed by atoms with E-state index < -0.39 is 52.4 Å². The number of benzene rings is 11. The lowest BCUT2D eigenvalue weighted by Crippen LogP contribution is -2.36. The van der Waals surface area contributed by atoms with Crippen LogP contribution in [0.15, 0.2) is 231 Å². The summed E-state index contributed by atoms with van der Waals surface area (Å²) in [6.07, 6.45) is -20.2. The minimum absolute atomic E-state index is 0.0351. The zero-order chi connectivity index (χ0) is 61.0. The van der Waals surface area contributed by atoms with E-state index in [9.17, 15) is 5.26 Å². The van der Waals surface area contributed by atoms with Crippen molar-refractivity contribution in [1.82, 2.24) is 9.13 Å². The Morgan fingerprint density at radius 1 is 0.318 bits per heavy atom. The lowest BCUT2D eigenvalue weighted by atomic mass is 9.64. The number of halogens is 12. The largest absolute Gasteiger partial charge is 0.416 e. The Bertz CT molecular complexity index is 4670. The molecule has 16 heteroatoms. The predicted molar refractivity (Wildman–Crippen MR) is 316 cm³/mol. The van der Waals surface area contributed by atoms with Gasteiger partial charge < -0.3 is 14.0 Å². The monoisotopic (exact) mass is 1190 g/mol. The van der Waals surface area contributed by atoms with E-state index in [2.05, 4.69) is 6.07 Å². The minimum atomic E-state index is -5.06. The van der Waals surface area contributed by atoms with Crippen molar-refractivity contribution < 1.29 is 52.7 Å². The first-order valence-electron chi connectivity index (χ1n) is 27.6. The van der Waals surface area contributed by atoms with Gasteiger partial charge in [-0.25, -0.2) is 0 Å². The summed E-state index contributed by atoms with van der Waals surface area (Å²) in [5.74, 6) is 0. The molecule has 88 heavy (non-hydrogen) atoms. The molecule has 15 rings (SSSR count). The van der Waals surface area contributed by atoms with E-state index in [0.29, 0.717) is 22.5 Å². The van der Waals surface area contributed by atoms with Crippen LogP contribution in [0.3, 0.4) is 0 Å². The van der Waals surface area contributed by atoms with Gasteiger partial charge in [-0.15, -0.1) is 0 Å². The third-order valence-corrected chi connectivity index (χ3v) is 17.2. The van der Waals surface area contributed by atoms with E-state index in [1.165, 1.54) is 9.13 Å². The summed E-state index contributed by atoms with van der Waals surface area (Å²) in [7, 11) is 0. The Labute approximate surface area is 492 Å². The summed E-state index contributed by atoms with van der Waals surface area (Å²) in [6, 6.07) is 59.7. The van der Waals surface area contributed by atoms with Crippen molar-refractivity contribution in [2.75, 3.05) is 4.90 Å². The van der Waals surface area contributed by atoms with Gasteiger partial charge in [-0.2, -0.15) is 57.9 Å². The SMILES string of the molecule is N#Cc1c(-c2ccccc2)c(-n2c3cc(C(F)(F)F)ccc3c3ccc(C(F)(F)F)cc32)c(N2c3ccccc3C3(c4ccccc4-c4ccccc43)c3ccccc32)c(-n2c3cc(C(F)(F)F)ccc3c3ccc(C(F)(F)F)cc32)c1-c1ccccc1. The normalized spacial score (nSPS) is 13.7. The molecular weight excluding hydrogens is 1150 g/mol. The molecule has 13 aromatic rings. The summed E-state index contributed by atoms with van der Waals surface area (Å²) >= 11 is 0. The predicted octanol–water partition coefficient (Wildman–Crippen LogP) is 21.3. The molecule has 1 aliphatic carbocycles. The van der Waals surface area contributed by atoms with Gasteiger partial charge in [0.1, 0.15) is 6.07 Å². The molecule has 0 radical (unpaired) electrons. The van der Waals surface area contributed by atoms with Crippen LogP contribution in [0.1, 0.15) is 50.1 Å². The van der Waals surface area contributed by atoms with Crippen molar-refractivity contribution in [2.45, 2.75) is 30.1 Å². The van der Waals surface area contributed by atoms with Gasteiger partial charge in [-0.1, -0.05) is 170 Å². The van der Waals surface area contributed by atoms with Gasteiger partial charge in [0.25, 0.3) is 0 Å². The number of anilines is 3. The Morgan fingerprint density at radius 2 is 0.614 bits per heavy atom. The van der Waals surface area contributed by atoms with Crippen LogP contribution < -0.4 is 4.90 Å². The minimum Gasteiger partial charge on any atom is -0.306 e. The maximum absolute atomic E-state index is 15.5. The van der Waals surface area contributed by atoms with Gasteiger partial charge in [0, 0.05) is 32.7 Å². The molecule has 0 saturated carbocycles. The molecule has 1 aliphatic heterocycles. The summed E-state index contributed by atoms with van der Waals surface area (Å²) in [5.41, 5.74) is -2.58. The topological polar surface area (TPSA) is 36.9 Å². The number of alkyl halides is 12. The van der Waals surface area contributed by atoms with Gasteiger partial charge in [0.05, 0.1) is 83.7 Å². The Balaban J connectivity index is 1.28. The number of fused-ring (bicyclic) bond motifs is 15. The molecule has 0 amide bonds. The fraction of sp³-hybridized carbons (Fsp3) is 0.0694. The number of hydrogen-bond donors (Lipinski definition) is 0. The smallest absolute Gasteiger partial charge is 0.306 e. The van der Waals surface area contributed by atoms with Crippen molar-refractivity contribution in [3.63, 3.8) is 0 Å². The molecule has 0 atom stereocenters. The Kier molecular flexibility index (Phi) is 11.7. The maximum atomic E-state index is 15.5. The Hall–Kier alpha value is -10.5. The number of hydrogen-bond acceptors (Lipinski definition) is 2. The quantitative estimate of drug-likeness (QED) is 0.161. The van der Waals surface area contributed by atoms with E-state index in [0.717, 1.165) is 95.1 Å². The van der Waals surface area contributed by atoms with Crippen LogP contribution in [0.2, 0.25) is 0 Å². The molecule has 1 spiro atoms. The zero-order valence-electron chi connectivity index (χ0n) is 45.3. The lowest BCUT2D eigenvalue weighted by molar-refractivity contribution is -0.138. The standard InChI is InChI=1S/C72H38F12N4/c73-69(74,75)42-27-31-48-49-32-28-43(70(76,77)78)36-60(49)87(59(48)35-42)65-63(40-15-3-1-4-16-40)52(39-85)64(41-17-5-2-6-18-41)66(88-61-37-44(71(79,80)81)29-33-50(61)51-34-30-45(38-62(51)88)72(82,83)84)67(65)86-57-25-13-11-23-55(57)68(56-24-12-14-26-58(56)86)53-21-9-7-19-46(53)47-20-8-10-22-54(47)68/h1-38H. The zero-order valence-corrected chi connectivity index (χ0v) is 45.3. The number of nitrogens with zero attached hydrogens (tertiary/aromatic N) is 4. The molecule has 430 valence electrons. The van der Waals surface area contributed by atoms with E-state index >= 15 is 52.7 Å².